The summed E-state index contributed by atoms with van der Waals surface area (Å²) in [5, 5.41) is 22.2. The molecule has 4 heteroatoms. The van der Waals surface area contributed by atoms with Gasteiger partial charge in [-0.15, -0.1) is 0 Å². The number of rotatable bonds is 33. The SMILES string of the molecule is CCCCCCCCN(CCCCCCCC)CC(O)C(O)CN(CCCCCCCC)CCCCCCCC. The van der Waals surface area contributed by atoms with E-state index in [9.17, 15) is 10.2 Å². The highest BCUT2D eigenvalue weighted by Gasteiger charge is 2.22. The van der Waals surface area contributed by atoms with Gasteiger partial charge in [-0.3, -0.25) is 0 Å². The van der Waals surface area contributed by atoms with Crippen LogP contribution in [0.5, 0.6) is 0 Å². The predicted octanol–water partition coefficient (Wildman–Crippen LogP) is 9.75. The Morgan fingerprint density at radius 1 is 0.325 bits per heavy atom. The second-order valence-corrected chi connectivity index (χ2v) is 12.8. The third-order valence-corrected chi connectivity index (χ3v) is 8.65. The summed E-state index contributed by atoms with van der Waals surface area (Å²) >= 11 is 0. The van der Waals surface area contributed by atoms with Crippen LogP contribution in [0, 0.1) is 0 Å². The molecule has 4 nitrogen and oxygen atoms in total. The molecular weight excluding hydrogens is 492 g/mol. The third-order valence-electron chi connectivity index (χ3n) is 8.65. The van der Waals surface area contributed by atoms with Crippen LogP contribution in [0.4, 0.5) is 0 Å². The summed E-state index contributed by atoms with van der Waals surface area (Å²) in [4.78, 5) is 4.92. The number of aliphatic hydroxyl groups is 2. The van der Waals surface area contributed by atoms with Crippen LogP contribution >= 0.6 is 0 Å². The van der Waals surface area contributed by atoms with E-state index in [2.05, 4.69) is 37.5 Å². The molecule has 0 aromatic rings. The lowest BCUT2D eigenvalue weighted by atomic mass is 10.1. The van der Waals surface area contributed by atoms with Crippen molar-refractivity contribution in [2.24, 2.45) is 0 Å². The Morgan fingerprint density at radius 3 is 0.750 bits per heavy atom. The van der Waals surface area contributed by atoms with Gasteiger partial charge in [0, 0.05) is 13.1 Å². The van der Waals surface area contributed by atoms with Crippen LogP contribution < -0.4 is 0 Å². The molecule has 2 N–H and O–H groups in total. The number of nitrogens with zero attached hydrogens (tertiary/aromatic N) is 2. The second kappa shape index (κ2) is 31.8. The summed E-state index contributed by atoms with van der Waals surface area (Å²) in [5.74, 6) is 0. The summed E-state index contributed by atoms with van der Waals surface area (Å²) < 4.78 is 0. The maximum atomic E-state index is 11.1. The Bertz CT molecular complexity index is 402. The molecule has 0 aromatic carbocycles. The summed E-state index contributed by atoms with van der Waals surface area (Å²) in [6.45, 7) is 14.6. The molecule has 0 aromatic heterocycles. The molecular formula is C36H76N2O2. The van der Waals surface area contributed by atoms with Gasteiger partial charge in [-0.1, -0.05) is 156 Å². The Hall–Kier alpha value is -0.160. The van der Waals surface area contributed by atoms with E-state index >= 15 is 0 Å². The highest BCUT2D eigenvalue weighted by atomic mass is 16.3. The Labute approximate surface area is 253 Å². The number of hydrogen-bond donors (Lipinski definition) is 2. The van der Waals surface area contributed by atoms with Gasteiger partial charge in [-0.05, 0) is 51.9 Å². The Kier molecular flexibility index (Phi) is 31.6. The van der Waals surface area contributed by atoms with Crippen LogP contribution in [-0.2, 0) is 0 Å². The molecule has 0 saturated heterocycles. The highest BCUT2D eigenvalue weighted by Crippen LogP contribution is 2.13. The first-order chi connectivity index (χ1) is 19.6. The first kappa shape index (κ1) is 39.8. The normalized spacial score (nSPS) is 13.5. The monoisotopic (exact) mass is 569 g/mol. The molecule has 0 amide bonds. The zero-order chi connectivity index (χ0) is 29.5. The fourth-order valence-electron chi connectivity index (χ4n) is 5.82. The zero-order valence-electron chi connectivity index (χ0n) is 28.2. The maximum absolute atomic E-state index is 11.1. The molecule has 0 radical (unpaired) electrons. The highest BCUT2D eigenvalue weighted by molar-refractivity contribution is 4.76. The molecule has 2 atom stereocenters. The van der Waals surface area contributed by atoms with E-state index in [0.29, 0.717) is 13.1 Å². The largest absolute Gasteiger partial charge is 0.389 e. The van der Waals surface area contributed by atoms with Gasteiger partial charge in [-0.2, -0.15) is 0 Å². The third kappa shape index (κ3) is 26.7. The van der Waals surface area contributed by atoms with E-state index in [1.165, 1.54) is 154 Å². The van der Waals surface area contributed by atoms with Crippen LogP contribution in [0.15, 0.2) is 0 Å². The standard InChI is InChI=1S/C36H76N2O2/c1-5-9-13-17-21-25-29-37(30-26-22-18-14-10-6-2)33-35(39)36(40)34-38(31-27-23-19-15-11-7-3)32-28-24-20-16-12-8-4/h35-36,39-40H,5-34H2,1-4H3. The predicted molar refractivity (Wildman–Crippen MR) is 178 cm³/mol. The Morgan fingerprint density at radius 2 is 0.525 bits per heavy atom. The quantitative estimate of drug-likeness (QED) is 0.0774. The maximum Gasteiger partial charge on any atom is 0.0938 e. The molecule has 2 unspecified atom stereocenters. The van der Waals surface area contributed by atoms with E-state index in [4.69, 9.17) is 0 Å². The van der Waals surface area contributed by atoms with E-state index in [0.717, 1.165) is 26.2 Å². The van der Waals surface area contributed by atoms with E-state index in [-0.39, 0.29) is 0 Å². The van der Waals surface area contributed by atoms with Crippen LogP contribution in [0.3, 0.4) is 0 Å². The first-order valence-corrected chi connectivity index (χ1v) is 18.4. The molecule has 0 bridgehead atoms. The van der Waals surface area contributed by atoms with Crippen molar-refractivity contribution in [3.05, 3.63) is 0 Å². The second-order valence-electron chi connectivity index (χ2n) is 12.8. The zero-order valence-corrected chi connectivity index (χ0v) is 28.2. The minimum atomic E-state index is -0.656. The van der Waals surface area contributed by atoms with Crippen LogP contribution in [0.25, 0.3) is 0 Å². The van der Waals surface area contributed by atoms with Crippen molar-refractivity contribution in [1.29, 1.82) is 0 Å². The summed E-state index contributed by atoms with van der Waals surface area (Å²) in [6.07, 6.45) is 30.0. The van der Waals surface area contributed by atoms with Gasteiger partial charge in [0.15, 0.2) is 0 Å². The van der Waals surface area contributed by atoms with Crippen molar-refractivity contribution < 1.29 is 10.2 Å². The van der Waals surface area contributed by atoms with Crippen molar-refractivity contribution in [3.8, 4) is 0 Å². The summed E-state index contributed by atoms with van der Waals surface area (Å²) in [6, 6.07) is 0. The molecule has 0 saturated carbocycles. The molecule has 0 aliphatic heterocycles. The minimum Gasteiger partial charge on any atom is -0.389 e. The van der Waals surface area contributed by atoms with Gasteiger partial charge < -0.3 is 20.0 Å². The molecule has 242 valence electrons. The molecule has 40 heavy (non-hydrogen) atoms. The number of hydrogen-bond acceptors (Lipinski definition) is 4. The lowest BCUT2D eigenvalue weighted by molar-refractivity contribution is -0.0204. The number of unbranched alkanes of at least 4 members (excludes halogenated alkanes) is 20. The van der Waals surface area contributed by atoms with Gasteiger partial charge in [0.25, 0.3) is 0 Å². The van der Waals surface area contributed by atoms with E-state index in [1.54, 1.807) is 0 Å². The van der Waals surface area contributed by atoms with Gasteiger partial charge >= 0.3 is 0 Å². The average Bonchev–Trinajstić information content (AvgIpc) is 2.95. The van der Waals surface area contributed by atoms with E-state index < -0.39 is 12.2 Å². The van der Waals surface area contributed by atoms with Crippen LogP contribution in [0.2, 0.25) is 0 Å². The van der Waals surface area contributed by atoms with Gasteiger partial charge in [0.05, 0.1) is 12.2 Å². The van der Waals surface area contributed by atoms with Crippen LogP contribution in [-0.4, -0.2) is 71.5 Å². The number of aliphatic hydroxyl groups excluding tert-OH is 2. The fourth-order valence-corrected chi connectivity index (χ4v) is 5.82. The average molecular weight is 569 g/mol. The first-order valence-electron chi connectivity index (χ1n) is 18.4. The summed E-state index contributed by atoms with van der Waals surface area (Å²) in [5.41, 5.74) is 0. The van der Waals surface area contributed by atoms with Crippen molar-refractivity contribution in [3.63, 3.8) is 0 Å². The summed E-state index contributed by atoms with van der Waals surface area (Å²) in [7, 11) is 0. The molecule has 0 spiro atoms. The van der Waals surface area contributed by atoms with E-state index in [1.807, 2.05) is 0 Å². The lowest BCUT2D eigenvalue weighted by Gasteiger charge is -2.31. The smallest absolute Gasteiger partial charge is 0.0938 e. The van der Waals surface area contributed by atoms with Crippen molar-refractivity contribution >= 4 is 0 Å². The van der Waals surface area contributed by atoms with Gasteiger partial charge in [0.1, 0.15) is 0 Å². The molecule has 0 heterocycles. The Balaban J connectivity index is 4.74. The van der Waals surface area contributed by atoms with Crippen molar-refractivity contribution in [2.75, 3.05) is 39.3 Å². The topological polar surface area (TPSA) is 46.9 Å². The van der Waals surface area contributed by atoms with Gasteiger partial charge in [0.2, 0.25) is 0 Å². The van der Waals surface area contributed by atoms with Crippen molar-refractivity contribution in [2.45, 2.75) is 194 Å². The van der Waals surface area contributed by atoms with Crippen LogP contribution in [0.1, 0.15) is 182 Å². The molecule has 0 rings (SSSR count). The fraction of sp³-hybridized carbons (Fsp3) is 1.00. The van der Waals surface area contributed by atoms with Gasteiger partial charge in [-0.25, -0.2) is 0 Å². The van der Waals surface area contributed by atoms with Crippen molar-refractivity contribution in [1.82, 2.24) is 9.80 Å². The molecule has 0 aliphatic rings. The minimum absolute atomic E-state index is 0.618. The molecule has 0 aliphatic carbocycles. The molecule has 0 fully saturated rings. The lowest BCUT2D eigenvalue weighted by Crippen LogP contribution is -2.45.